The molecule has 1 aliphatic heterocycles. The van der Waals surface area contributed by atoms with Crippen molar-refractivity contribution < 1.29 is 4.79 Å². The highest BCUT2D eigenvalue weighted by molar-refractivity contribution is 6.30. The molecule has 3 aromatic rings. The summed E-state index contributed by atoms with van der Waals surface area (Å²) < 4.78 is 0. The van der Waals surface area contributed by atoms with Crippen LogP contribution in [0.1, 0.15) is 34.8 Å². The molecule has 0 spiro atoms. The van der Waals surface area contributed by atoms with Crippen molar-refractivity contribution in [2.75, 3.05) is 13.1 Å². The first-order chi connectivity index (χ1) is 13.2. The lowest BCUT2D eigenvalue weighted by Gasteiger charge is -2.32. The Bertz CT molecular complexity index is 945. The number of pyridine rings is 2. The fourth-order valence-corrected chi connectivity index (χ4v) is 3.76. The molecular formula is C22H20ClN3O. The highest BCUT2D eigenvalue weighted by atomic mass is 35.5. The number of amides is 1. The predicted molar refractivity (Wildman–Crippen MR) is 107 cm³/mol. The summed E-state index contributed by atoms with van der Waals surface area (Å²) in [7, 11) is 0. The van der Waals surface area contributed by atoms with E-state index in [1.54, 1.807) is 24.5 Å². The lowest BCUT2D eigenvalue weighted by Crippen LogP contribution is -2.39. The van der Waals surface area contributed by atoms with Crippen LogP contribution in [0.4, 0.5) is 0 Å². The second-order valence-corrected chi connectivity index (χ2v) is 7.22. The van der Waals surface area contributed by atoms with Gasteiger partial charge >= 0.3 is 0 Å². The van der Waals surface area contributed by atoms with Crippen LogP contribution >= 0.6 is 11.6 Å². The van der Waals surface area contributed by atoms with Gasteiger partial charge in [0.25, 0.3) is 5.91 Å². The largest absolute Gasteiger partial charge is 0.338 e. The van der Waals surface area contributed by atoms with E-state index >= 15 is 0 Å². The minimum absolute atomic E-state index is 0.0631. The Kier molecular flexibility index (Phi) is 5.16. The van der Waals surface area contributed by atoms with Crippen molar-refractivity contribution in [3.63, 3.8) is 0 Å². The van der Waals surface area contributed by atoms with Crippen LogP contribution in [-0.2, 0) is 0 Å². The number of piperidine rings is 1. The molecule has 1 saturated heterocycles. The van der Waals surface area contributed by atoms with Crippen LogP contribution < -0.4 is 0 Å². The van der Waals surface area contributed by atoms with E-state index in [9.17, 15) is 4.79 Å². The highest BCUT2D eigenvalue weighted by Gasteiger charge is 2.26. The molecular weight excluding hydrogens is 358 g/mol. The predicted octanol–water partition coefficient (Wildman–Crippen LogP) is 4.82. The first kappa shape index (κ1) is 17.7. The minimum Gasteiger partial charge on any atom is -0.338 e. The fraction of sp³-hybridized carbons (Fsp3) is 0.227. The quantitative estimate of drug-likeness (QED) is 0.657. The van der Waals surface area contributed by atoms with E-state index in [0.29, 0.717) is 17.1 Å². The molecule has 1 aromatic carbocycles. The maximum absolute atomic E-state index is 12.8. The molecule has 0 bridgehead atoms. The monoisotopic (exact) mass is 377 g/mol. The average molecular weight is 378 g/mol. The first-order valence-corrected chi connectivity index (χ1v) is 9.51. The summed E-state index contributed by atoms with van der Waals surface area (Å²) in [4.78, 5) is 23.6. The van der Waals surface area contributed by atoms with Crippen molar-refractivity contribution in [3.05, 3.63) is 83.3 Å². The molecule has 0 radical (unpaired) electrons. The molecule has 1 fully saturated rings. The van der Waals surface area contributed by atoms with Crippen molar-refractivity contribution in [2.45, 2.75) is 18.8 Å². The third-order valence-corrected chi connectivity index (χ3v) is 5.18. The number of carbonyl (C=O) groups is 1. The first-order valence-electron chi connectivity index (χ1n) is 9.13. The molecule has 27 heavy (non-hydrogen) atoms. The molecule has 3 heterocycles. The number of halogens is 1. The smallest absolute Gasteiger partial charge is 0.253 e. The van der Waals surface area contributed by atoms with Crippen molar-refractivity contribution in [1.29, 1.82) is 0 Å². The van der Waals surface area contributed by atoms with E-state index in [0.717, 1.165) is 36.3 Å². The summed E-state index contributed by atoms with van der Waals surface area (Å²) in [5.41, 5.74) is 3.63. The van der Waals surface area contributed by atoms with E-state index in [1.165, 1.54) is 0 Å². The average Bonchev–Trinajstić information content (AvgIpc) is 2.74. The van der Waals surface area contributed by atoms with Crippen molar-refractivity contribution >= 4 is 17.5 Å². The number of rotatable bonds is 3. The van der Waals surface area contributed by atoms with Crippen molar-refractivity contribution in [1.82, 2.24) is 14.9 Å². The van der Waals surface area contributed by atoms with Gasteiger partial charge in [-0.05, 0) is 49.2 Å². The minimum atomic E-state index is 0.0631. The van der Waals surface area contributed by atoms with Gasteiger partial charge in [-0.3, -0.25) is 14.8 Å². The molecule has 1 aliphatic rings. The van der Waals surface area contributed by atoms with Crippen molar-refractivity contribution in [2.24, 2.45) is 0 Å². The standard InChI is InChI=1S/C22H20ClN3O/c23-19-6-1-4-17(14-19)20-7-2-8-21(25-20)18-5-3-13-26(15-18)22(27)16-9-11-24-12-10-16/h1-2,4,6-12,14,18H,3,5,13,15H2/t18-/m0/s1. The zero-order valence-corrected chi connectivity index (χ0v) is 15.6. The van der Waals surface area contributed by atoms with Gasteiger partial charge in [0.15, 0.2) is 0 Å². The van der Waals surface area contributed by atoms with E-state index in [1.807, 2.05) is 41.3 Å². The Morgan fingerprint density at radius 3 is 2.70 bits per heavy atom. The Labute approximate surface area is 163 Å². The van der Waals surface area contributed by atoms with Crippen LogP contribution in [0.25, 0.3) is 11.3 Å². The zero-order valence-electron chi connectivity index (χ0n) is 14.9. The Balaban J connectivity index is 1.55. The number of benzene rings is 1. The number of likely N-dealkylation sites (tertiary alicyclic amines) is 1. The number of carbonyl (C=O) groups excluding carboxylic acids is 1. The molecule has 0 unspecified atom stereocenters. The summed E-state index contributed by atoms with van der Waals surface area (Å²) in [6.07, 6.45) is 5.33. The van der Waals surface area contributed by atoms with E-state index < -0.39 is 0 Å². The van der Waals surface area contributed by atoms with Crippen LogP contribution in [0.2, 0.25) is 5.02 Å². The molecule has 1 atom stereocenters. The van der Waals surface area contributed by atoms with Crippen LogP contribution in [0.5, 0.6) is 0 Å². The van der Waals surface area contributed by atoms with E-state index in [2.05, 4.69) is 11.1 Å². The third-order valence-electron chi connectivity index (χ3n) is 4.95. The second-order valence-electron chi connectivity index (χ2n) is 6.78. The van der Waals surface area contributed by atoms with E-state index in [-0.39, 0.29) is 11.8 Å². The number of aromatic nitrogens is 2. The summed E-state index contributed by atoms with van der Waals surface area (Å²) in [6, 6.07) is 17.3. The van der Waals surface area contributed by atoms with Crippen LogP contribution in [0, 0.1) is 0 Å². The molecule has 4 nitrogen and oxygen atoms in total. The van der Waals surface area contributed by atoms with Crippen LogP contribution in [-0.4, -0.2) is 33.9 Å². The van der Waals surface area contributed by atoms with Gasteiger partial charge in [0.2, 0.25) is 0 Å². The van der Waals surface area contributed by atoms with Gasteiger partial charge in [0.1, 0.15) is 0 Å². The number of hydrogen-bond donors (Lipinski definition) is 0. The highest BCUT2D eigenvalue weighted by Crippen LogP contribution is 2.29. The van der Waals surface area contributed by atoms with Gasteiger partial charge in [-0.1, -0.05) is 29.8 Å². The summed E-state index contributed by atoms with van der Waals surface area (Å²) in [6.45, 7) is 1.47. The molecule has 5 heteroatoms. The zero-order chi connectivity index (χ0) is 18.6. The Hall–Kier alpha value is -2.72. The van der Waals surface area contributed by atoms with Crippen molar-refractivity contribution in [3.8, 4) is 11.3 Å². The molecule has 0 N–H and O–H groups in total. The summed E-state index contributed by atoms with van der Waals surface area (Å²) in [5.74, 6) is 0.303. The number of hydrogen-bond acceptors (Lipinski definition) is 3. The Morgan fingerprint density at radius 2 is 1.89 bits per heavy atom. The fourth-order valence-electron chi connectivity index (χ4n) is 3.57. The van der Waals surface area contributed by atoms with Gasteiger partial charge < -0.3 is 4.90 Å². The van der Waals surface area contributed by atoms with E-state index in [4.69, 9.17) is 16.6 Å². The van der Waals surface area contributed by atoms with Gasteiger partial charge in [0, 0.05) is 53.2 Å². The van der Waals surface area contributed by atoms with Gasteiger partial charge in [-0.15, -0.1) is 0 Å². The normalized spacial score (nSPS) is 16.9. The SMILES string of the molecule is O=C(c1ccncc1)N1CCC[C@H](c2cccc(-c3cccc(Cl)c3)n2)C1. The topological polar surface area (TPSA) is 46.1 Å². The lowest BCUT2D eigenvalue weighted by molar-refractivity contribution is 0.0706. The molecule has 1 amide bonds. The summed E-state index contributed by atoms with van der Waals surface area (Å²) in [5, 5.41) is 0.700. The molecule has 4 rings (SSSR count). The Morgan fingerprint density at radius 1 is 1.07 bits per heavy atom. The van der Waals surface area contributed by atoms with Gasteiger partial charge in [0.05, 0.1) is 5.69 Å². The summed E-state index contributed by atoms with van der Waals surface area (Å²) >= 11 is 6.12. The molecule has 2 aromatic heterocycles. The van der Waals surface area contributed by atoms with Gasteiger partial charge in [-0.2, -0.15) is 0 Å². The third kappa shape index (κ3) is 4.01. The maximum Gasteiger partial charge on any atom is 0.253 e. The second kappa shape index (κ2) is 7.89. The molecule has 136 valence electrons. The lowest BCUT2D eigenvalue weighted by atomic mass is 9.93. The molecule has 0 saturated carbocycles. The van der Waals surface area contributed by atoms with Crippen LogP contribution in [0.15, 0.2) is 67.0 Å². The van der Waals surface area contributed by atoms with Gasteiger partial charge in [-0.25, -0.2) is 0 Å². The molecule has 0 aliphatic carbocycles. The maximum atomic E-state index is 12.8. The number of nitrogens with zero attached hydrogens (tertiary/aromatic N) is 3. The van der Waals surface area contributed by atoms with Crippen LogP contribution in [0.3, 0.4) is 0 Å².